The summed E-state index contributed by atoms with van der Waals surface area (Å²) in [6.07, 6.45) is 3.49. The standard InChI is InChI=1S/C11H22N2O2/c1-7-3-4-9(5-8(7)2)13-6-10(12)11(14)15/h7-10,13H,3-6,12H2,1-2H3,(H,14,15). The highest BCUT2D eigenvalue weighted by Gasteiger charge is 2.24. The predicted molar refractivity (Wildman–Crippen MR) is 59.6 cm³/mol. The van der Waals surface area contributed by atoms with Crippen molar-refractivity contribution in [3.05, 3.63) is 0 Å². The Morgan fingerprint density at radius 1 is 1.47 bits per heavy atom. The molecule has 0 radical (unpaired) electrons. The molecular formula is C11H22N2O2. The summed E-state index contributed by atoms with van der Waals surface area (Å²) in [4.78, 5) is 10.5. The molecule has 4 N–H and O–H groups in total. The Balaban J connectivity index is 2.25. The molecule has 0 aliphatic heterocycles. The van der Waals surface area contributed by atoms with Crippen LogP contribution in [-0.4, -0.2) is 29.7 Å². The molecule has 0 spiro atoms. The van der Waals surface area contributed by atoms with E-state index in [1.165, 1.54) is 6.42 Å². The van der Waals surface area contributed by atoms with E-state index >= 15 is 0 Å². The first-order chi connectivity index (χ1) is 7.00. The van der Waals surface area contributed by atoms with Gasteiger partial charge in [0, 0.05) is 12.6 Å². The Kier molecular flexibility index (Phi) is 4.54. The minimum atomic E-state index is -0.931. The van der Waals surface area contributed by atoms with E-state index in [9.17, 15) is 4.79 Å². The smallest absolute Gasteiger partial charge is 0.321 e. The van der Waals surface area contributed by atoms with E-state index in [0.29, 0.717) is 12.6 Å². The topological polar surface area (TPSA) is 75.3 Å². The summed E-state index contributed by atoms with van der Waals surface area (Å²) in [6.45, 7) is 4.92. The van der Waals surface area contributed by atoms with Crippen LogP contribution in [-0.2, 0) is 4.79 Å². The molecule has 0 aromatic carbocycles. The van der Waals surface area contributed by atoms with Gasteiger partial charge >= 0.3 is 5.97 Å². The molecule has 0 aromatic rings. The highest BCUT2D eigenvalue weighted by molar-refractivity contribution is 5.73. The van der Waals surface area contributed by atoms with E-state index in [2.05, 4.69) is 19.2 Å². The van der Waals surface area contributed by atoms with Gasteiger partial charge in [0.2, 0.25) is 0 Å². The first-order valence-electron chi connectivity index (χ1n) is 5.72. The number of nitrogens with one attached hydrogen (secondary N) is 1. The third kappa shape index (κ3) is 3.80. The SMILES string of the molecule is CC1CCC(NCC(N)C(=O)O)CC1C. The molecule has 1 fully saturated rings. The molecule has 4 nitrogen and oxygen atoms in total. The average molecular weight is 214 g/mol. The zero-order valence-corrected chi connectivity index (χ0v) is 9.57. The third-order valence-corrected chi connectivity index (χ3v) is 3.54. The largest absolute Gasteiger partial charge is 0.480 e. The Labute approximate surface area is 91.2 Å². The second-order valence-electron chi connectivity index (χ2n) is 4.82. The minimum absolute atomic E-state index is 0.376. The van der Waals surface area contributed by atoms with Crippen LogP contribution in [0.2, 0.25) is 0 Å². The molecule has 0 aromatic heterocycles. The Morgan fingerprint density at radius 3 is 2.67 bits per heavy atom. The molecule has 1 aliphatic carbocycles. The van der Waals surface area contributed by atoms with E-state index in [0.717, 1.165) is 24.7 Å². The van der Waals surface area contributed by atoms with Gasteiger partial charge in [0.05, 0.1) is 0 Å². The maximum Gasteiger partial charge on any atom is 0.321 e. The predicted octanol–water partition coefficient (Wildman–Crippen LogP) is 0.813. The van der Waals surface area contributed by atoms with Gasteiger partial charge in [-0.3, -0.25) is 4.79 Å². The lowest BCUT2D eigenvalue weighted by Gasteiger charge is -2.32. The second-order valence-corrected chi connectivity index (χ2v) is 4.82. The highest BCUT2D eigenvalue weighted by Crippen LogP contribution is 2.29. The van der Waals surface area contributed by atoms with Crippen molar-refractivity contribution in [2.45, 2.75) is 45.2 Å². The lowest BCUT2D eigenvalue weighted by molar-refractivity contribution is -0.138. The van der Waals surface area contributed by atoms with Crippen molar-refractivity contribution in [2.75, 3.05) is 6.54 Å². The van der Waals surface area contributed by atoms with Crippen molar-refractivity contribution in [2.24, 2.45) is 17.6 Å². The van der Waals surface area contributed by atoms with Gasteiger partial charge in [-0.2, -0.15) is 0 Å². The summed E-state index contributed by atoms with van der Waals surface area (Å²) in [5.41, 5.74) is 5.43. The quantitative estimate of drug-likeness (QED) is 0.647. The summed E-state index contributed by atoms with van der Waals surface area (Å²) in [6, 6.07) is -0.332. The average Bonchev–Trinajstić information content (AvgIpc) is 2.19. The lowest BCUT2D eigenvalue weighted by Crippen LogP contribution is -2.45. The molecule has 1 aliphatic rings. The Hall–Kier alpha value is -0.610. The van der Waals surface area contributed by atoms with E-state index < -0.39 is 12.0 Å². The van der Waals surface area contributed by atoms with E-state index in [4.69, 9.17) is 10.8 Å². The van der Waals surface area contributed by atoms with Gasteiger partial charge in [-0.25, -0.2) is 0 Å². The molecule has 0 saturated heterocycles. The first kappa shape index (κ1) is 12.5. The van der Waals surface area contributed by atoms with Crippen molar-refractivity contribution in [3.8, 4) is 0 Å². The van der Waals surface area contributed by atoms with Crippen LogP contribution in [0.5, 0.6) is 0 Å². The summed E-state index contributed by atoms with van der Waals surface area (Å²) in [7, 11) is 0. The number of rotatable bonds is 4. The highest BCUT2D eigenvalue weighted by atomic mass is 16.4. The van der Waals surface area contributed by atoms with Crippen molar-refractivity contribution < 1.29 is 9.90 Å². The molecule has 4 atom stereocenters. The van der Waals surface area contributed by atoms with Crippen LogP contribution in [0.15, 0.2) is 0 Å². The van der Waals surface area contributed by atoms with Gasteiger partial charge in [0.1, 0.15) is 6.04 Å². The number of hydrogen-bond donors (Lipinski definition) is 3. The van der Waals surface area contributed by atoms with Crippen LogP contribution >= 0.6 is 0 Å². The monoisotopic (exact) mass is 214 g/mol. The first-order valence-corrected chi connectivity index (χ1v) is 5.72. The molecule has 1 saturated carbocycles. The second kappa shape index (κ2) is 5.47. The van der Waals surface area contributed by atoms with Gasteiger partial charge in [-0.05, 0) is 31.1 Å². The van der Waals surface area contributed by atoms with Crippen LogP contribution in [0.25, 0.3) is 0 Å². The number of carboxylic acids is 1. The third-order valence-electron chi connectivity index (χ3n) is 3.54. The van der Waals surface area contributed by atoms with Crippen molar-refractivity contribution in [1.29, 1.82) is 0 Å². The molecule has 0 heterocycles. The molecule has 15 heavy (non-hydrogen) atoms. The van der Waals surface area contributed by atoms with Gasteiger partial charge in [-0.1, -0.05) is 13.8 Å². The fourth-order valence-electron chi connectivity index (χ4n) is 2.11. The maximum absolute atomic E-state index is 10.5. The summed E-state index contributed by atoms with van der Waals surface area (Å²) < 4.78 is 0. The minimum Gasteiger partial charge on any atom is -0.480 e. The van der Waals surface area contributed by atoms with Gasteiger partial charge < -0.3 is 16.2 Å². The van der Waals surface area contributed by atoms with E-state index in [1.54, 1.807) is 0 Å². The zero-order valence-electron chi connectivity index (χ0n) is 9.57. The molecule has 0 bridgehead atoms. The molecule has 4 heteroatoms. The molecule has 4 unspecified atom stereocenters. The van der Waals surface area contributed by atoms with E-state index in [1.807, 2.05) is 0 Å². The summed E-state index contributed by atoms with van der Waals surface area (Å²) >= 11 is 0. The van der Waals surface area contributed by atoms with Crippen LogP contribution in [0.3, 0.4) is 0 Å². The van der Waals surface area contributed by atoms with E-state index in [-0.39, 0.29) is 0 Å². The Morgan fingerprint density at radius 2 is 2.13 bits per heavy atom. The van der Waals surface area contributed by atoms with Crippen molar-refractivity contribution in [3.63, 3.8) is 0 Å². The summed E-state index contributed by atoms with van der Waals surface area (Å²) in [5, 5.41) is 11.9. The normalized spacial score (nSPS) is 33.7. The molecular weight excluding hydrogens is 192 g/mol. The molecule has 88 valence electrons. The van der Waals surface area contributed by atoms with Gasteiger partial charge in [-0.15, -0.1) is 0 Å². The number of carbonyl (C=O) groups is 1. The maximum atomic E-state index is 10.5. The lowest BCUT2D eigenvalue weighted by atomic mass is 9.79. The number of carboxylic acid groups (broad SMARTS) is 1. The molecule has 0 amide bonds. The molecule has 1 rings (SSSR count). The fraction of sp³-hybridized carbons (Fsp3) is 0.909. The number of hydrogen-bond acceptors (Lipinski definition) is 3. The summed E-state index contributed by atoms with van der Waals surface area (Å²) in [5.74, 6) is 0.577. The zero-order chi connectivity index (χ0) is 11.4. The van der Waals surface area contributed by atoms with Crippen LogP contribution in [0.4, 0.5) is 0 Å². The van der Waals surface area contributed by atoms with Gasteiger partial charge in [0.15, 0.2) is 0 Å². The Bertz CT molecular complexity index is 221. The van der Waals surface area contributed by atoms with Crippen molar-refractivity contribution in [1.82, 2.24) is 5.32 Å². The van der Waals surface area contributed by atoms with Gasteiger partial charge in [0.25, 0.3) is 0 Å². The van der Waals surface area contributed by atoms with Crippen LogP contribution < -0.4 is 11.1 Å². The van der Waals surface area contributed by atoms with Crippen molar-refractivity contribution >= 4 is 5.97 Å². The fourth-order valence-corrected chi connectivity index (χ4v) is 2.11. The number of nitrogens with two attached hydrogens (primary N) is 1. The number of aliphatic carboxylic acids is 1. The van der Waals surface area contributed by atoms with Crippen LogP contribution in [0.1, 0.15) is 33.1 Å². The van der Waals surface area contributed by atoms with Crippen LogP contribution in [0, 0.1) is 11.8 Å².